The Kier molecular flexibility index (Phi) is 4.97. The van der Waals surface area contributed by atoms with Crippen molar-refractivity contribution in [1.82, 2.24) is 9.21 Å². The molecule has 3 rings (SSSR count). The number of piperidine rings is 2. The second-order valence-electron chi connectivity index (χ2n) is 7.04. The fraction of sp³-hybridized carbons (Fsp3) is 0.611. The molecule has 0 aromatic heterocycles. The van der Waals surface area contributed by atoms with Crippen molar-refractivity contribution in [1.29, 1.82) is 0 Å². The van der Waals surface area contributed by atoms with Crippen LogP contribution >= 0.6 is 0 Å². The quantitative estimate of drug-likeness (QED) is 0.837. The summed E-state index contributed by atoms with van der Waals surface area (Å²) < 4.78 is 25.7. The molecule has 2 aliphatic rings. The van der Waals surface area contributed by atoms with Crippen LogP contribution in [-0.4, -0.2) is 48.9 Å². The SMILES string of the molecule is CCS(=O)(=O)N1CCC2(CCC(=O)N(Cc3ccccc3)C2)CC1. The van der Waals surface area contributed by atoms with E-state index in [4.69, 9.17) is 0 Å². The number of benzene rings is 1. The molecule has 132 valence electrons. The lowest BCUT2D eigenvalue weighted by molar-refractivity contribution is -0.139. The summed E-state index contributed by atoms with van der Waals surface area (Å²) in [6, 6.07) is 10.1. The lowest BCUT2D eigenvalue weighted by Gasteiger charge is -2.47. The summed E-state index contributed by atoms with van der Waals surface area (Å²) in [5.41, 5.74) is 1.23. The minimum Gasteiger partial charge on any atom is -0.338 e. The molecule has 0 atom stereocenters. The topological polar surface area (TPSA) is 57.7 Å². The van der Waals surface area contributed by atoms with Crippen molar-refractivity contribution in [3.05, 3.63) is 35.9 Å². The van der Waals surface area contributed by atoms with Crippen molar-refractivity contribution in [3.63, 3.8) is 0 Å². The first-order valence-electron chi connectivity index (χ1n) is 8.74. The van der Waals surface area contributed by atoms with Crippen LogP contribution in [-0.2, 0) is 21.4 Å². The van der Waals surface area contributed by atoms with Gasteiger partial charge in [-0.2, -0.15) is 0 Å². The number of carbonyl (C=O) groups is 1. The summed E-state index contributed by atoms with van der Waals surface area (Å²) in [6.45, 7) is 4.27. The Labute approximate surface area is 144 Å². The highest BCUT2D eigenvalue weighted by Crippen LogP contribution is 2.41. The molecule has 0 saturated carbocycles. The predicted octanol–water partition coefficient (Wildman–Crippen LogP) is 2.24. The van der Waals surface area contributed by atoms with Gasteiger partial charge in [0.05, 0.1) is 5.75 Å². The van der Waals surface area contributed by atoms with Gasteiger partial charge < -0.3 is 4.90 Å². The first-order chi connectivity index (χ1) is 11.4. The molecule has 2 fully saturated rings. The number of carbonyl (C=O) groups excluding carboxylic acids is 1. The maximum atomic E-state index is 12.3. The van der Waals surface area contributed by atoms with E-state index in [2.05, 4.69) is 0 Å². The van der Waals surface area contributed by atoms with Crippen LogP contribution in [0, 0.1) is 5.41 Å². The Morgan fingerprint density at radius 2 is 1.75 bits per heavy atom. The van der Waals surface area contributed by atoms with Crippen LogP contribution in [0.3, 0.4) is 0 Å². The summed E-state index contributed by atoms with van der Waals surface area (Å²) in [6.07, 6.45) is 3.17. The average Bonchev–Trinajstić information content (AvgIpc) is 2.60. The molecular weight excluding hydrogens is 324 g/mol. The highest BCUT2D eigenvalue weighted by Gasteiger charge is 2.42. The largest absolute Gasteiger partial charge is 0.338 e. The van der Waals surface area contributed by atoms with Gasteiger partial charge in [0.1, 0.15) is 0 Å². The number of nitrogens with zero attached hydrogens (tertiary/aromatic N) is 2. The summed E-state index contributed by atoms with van der Waals surface area (Å²) in [4.78, 5) is 14.3. The van der Waals surface area contributed by atoms with E-state index in [9.17, 15) is 13.2 Å². The van der Waals surface area contributed by atoms with E-state index >= 15 is 0 Å². The summed E-state index contributed by atoms with van der Waals surface area (Å²) in [7, 11) is -3.10. The molecule has 0 N–H and O–H groups in total. The molecule has 1 spiro atoms. The Hall–Kier alpha value is -1.40. The van der Waals surface area contributed by atoms with E-state index in [0.717, 1.165) is 31.4 Å². The molecule has 0 radical (unpaired) electrons. The lowest BCUT2D eigenvalue weighted by atomic mass is 9.72. The molecule has 1 amide bonds. The number of sulfonamides is 1. The van der Waals surface area contributed by atoms with E-state index in [0.29, 0.717) is 26.1 Å². The van der Waals surface area contributed by atoms with Gasteiger partial charge in [-0.05, 0) is 37.2 Å². The third-order valence-corrected chi connectivity index (χ3v) is 7.39. The Bertz CT molecular complexity index is 679. The number of amides is 1. The maximum absolute atomic E-state index is 12.3. The molecule has 1 aromatic carbocycles. The van der Waals surface area contributed by atoms with Crippen molar-refractivity contribution in [2.24, 2.45) is 5.41 Å². The number of hydrogen-bond acceptors (Lipinski definition) is 3. The smallest absolute Gasteiger partial charge is 0.222 e. The molecule has 0 aliphatic carbocycles. The van der Waals surface area contributed by atoms with Gasteiger partial charge in [0.15, 0.2) is 0 Å². The van der Waals surface area contributed by atoms with Gasteiger partial charge in [-0.15, -0.1) is 0 Å². The summed E-state index contributed by atoms with van der Waals surface area (Å²) in [5, 5.41) is 0. The highest BCUT2D eigenvalue weighted by molar-refractivity contribution is 7.89. The van der Waals surface area contributed by atoms with Gasteiger partial charge in [-0.3, -0.25) is 4.79 Å². The van der Waals surface area contributed by atoms with Crippen molar-refractivity contribution in [3.8, 4) is 0 Å². The summed E-state index contributed by atoms with van der Waals surface area (Å²) >= 11 is 0. The van der Waals surface area contributed by atoms with Crippen molar-refractivity contribution in [2.75, 3.05) is 25.4 Å². The predicted molar refractivity (Wildman–Crippen MR) is 93.8 cm³/mol. The standard InChI is InChI=1S/C18H26N2O3S/c1-2-24(22,23)20-12-10-18(11-13-20)9-8-17(21)19(15-18)14-16-6-4-3-5-7-16/h3-7H,2,8-15H2,1H3. The molecule has 2 saturated heterocycles. The van der Waals surface area contributed by atoms with Crippen LogP contribution in [0.5, 0.6) is 0 Å². The molecule has 1 aromatic rings. The Morgan fingerprint density at radius 1 is 1.08 bits per heavy atom. The molecule has 5 nitrogen and oxygen atoms in total. The zero-order valence-corrected chi connectivity index (χ0v) is 15.1. The third kappa shape index (κ3) is 3.64. The number of hydrogen-bond donors (Lipinski definition) is 0. The van der Waals surface area contributed by atoms with Crippen LogP contribution in [0.15, 0.2) is 30.3 Å². The Balaban J connectivity index is 1.66. The minimum absolute atomic E-state index is 0.0858. The first kappa shape index (κ1) is 17.4. The minimum atomic E-state index is -3.10. The molecular formula is C18H26N2O3S. The number of rotatable bonds is 4. The molecule has 0 bridgehead atoms. The maximum Gasteiger partial charge on any atom is 0.222 e. The highest BCUT2D eigenvalue weighted by atomic mass is 32.2. The fourth-order valence-electron chi connectivity index (χ4n) is 3.88. The molecule has 0 unspecified atom stereocenters. The van der Waals surface area contributed by atoms with Gasteiger partial charge in [0, 0.05) is 32.6 Å². The van der Waals surface area contributed by atoms with E-state index in [1.165, 1.54) is 0 Å². The van der Waals surface area contributed by atoms with E-state index in [-0.39, 0.29) is 17.1 Å². The zero-order chi connectivity index (χ0) is 17.2. The number of likely N-dealkylation sites (tertiary alicyclic amines) is 1. The van der Waals surface area contributed by atoms with Gasteiger partial charge in [-0.1, -0.05) is 30.3 Å². The average molecular weight is 350 g/mol. The van der Waals surface area contributed by atoms with Crippen molar-refractivity contribution in [2.45, 2.75) is 39.2 Å². The third-order valence-electron chi connectivity index (χ3n) is 5.51. The normalized spacial score (nSPS) is 22.0. The van der Waals surface area contributed by atoms with Crippen molar-refractivity contribution < 1.29 is 13.2 Å². The van der Waals surface area contributed by atoms with Crippen LogP contribution < -0.4 is 0 Å². The monoisotopic (exact) mass is 350 g/mol. The molecule has 2 aliphatic heterocycles. The van der Waals surface area contributed by atoms with Gasteiger partial charge in [-0.25, -0.2) is 12.7 Å². The van der Waals surface area contributed by atoms with Crippen LogP contribution in [0.1, 0.15) is 38.2 Å². The van der Waals surface area contributed by atoms with Gasteiger partial charge in [0.2, 0.25) is 15.9 Å². The fourth-order valence-corrected chi connectivity index (χ4v) is 4.98. The second kappa shape index (κ2) is 6.84. The molecule has 6 heteroatoms. The summed E-state index contributed by atoms with van der Waals surface area (Å²) in [5.74, 6) is 0.381. The van der Waals surface area contributed by atoms with E-state index in [1.807, 2.05) is 35.2 Å². The molecule has 2 heterocycles. The second-order valence-corrected chi connectivity index (χ2v) is 9.29. The van der Waals surface area contributed by atoms with Crippen LogP contribution in [0.25, 0.3) is 0 Å². The lowest BCUT2D eigenvalue weighted by Crippen LogP contribution is -2.52. The van der Waals surface area contributed by atoms with E-state index < -0.39 is 10.0 Å². The Morgan fingerprint density at radius 3 is 2.38 bits per heavy atom. The van der Waals surface area contributed by atoms with Crippen LogP contribution in [0.4, 0.5) is 0 Å². The molecule has 24 heavy (non-hydrogen) atoms. The van der Waals surface area contributed by atoms with Gasteiger partial charge >= 0.3 is 0 Å². The first-order valence-corrected chi connectivity index (χ1v) is 10.3. The zero-order valence-electron chi connectivity index (χ0n) is 14.3. The van der Waals surface area contributed by atoms with Crippen molar-refractivity contribution >= 4 is 15.9 Å². The van der Waals surface area contributed by atoms with Crippen LogP contribution in [0.2, 0.25) is 0 Å². The van der Waals surface area contributed by atoms with E-state index in [1.54, 1.807) is 11.2 Å². The van der Waals surface area contributed by atoms with Gasteiger partial charge in [0.25, 0.3) is 0 Å².